The average Bonchev–Trinajstić information content (AvgIpc) is 3.69. The Hall–Kier alpha value is -7.15. The lowest BCUT2D eigenvalue weighted by molar-refractivity contribution is 0.660. The van der Waals surface area contributed by atoms with E-state index in [1.807, 2.05) is 24.3 Å². The molecule has 9 aromatic rings. The third kappa shape index (κ3) is 5.34. The number of benzene rings is 8. The van der Waals surface area contributed by atoms with Crippen LogP contribution in [0, 0.1) is 6.57 Å². The van der Waals surface area contributed by atoms with Crippen molar-refractivity contribution < 1.29 is 0 Å². The van der Waals surface area contributed by atoms with Crippen molar-refractivity contribution in [2.45, 2.75) is 19.3 Å². The molecule has 0 atom stereocenters. The van der Waals surface area contributed by atoms with E-state index in [9.17, 15) is 0 Å². The maximum absolute atomic E-state index is 7.59. The lowest BCUT2D eigenvalue weighted by Gasteiger charge is -2.26. The van der Waals surface area contributed by atoms with Gasteiger partial charge in [-0.1, -0.05) is 129 Å². The van der Waals surface area contributed by atoms with Crippen LogP contribution in [0.1, 0.15) is 25.0 Å². The fourth-order valence-electron chi connectivity index (χ4n) is 8.63. The molecule has 260 valence electrons. The molecule has 0 radical (unpaired) electrons. The Morgan fingerprint density at radius 2 is 0.982 bits per heavy atom. The maximum Gasteiger partial charge on any atom is 0.187 e. The Morgan fingerprint density at radius 3 is 1.71 bits per heavy atom. The van der Waals surface area contributed by atoms with Crippen LogP contribution in [-0.4, -0.2) is 4.57 Å². The molecule has 1 aromatic heterocycles. The van der Waals surface area contributed by atoms with Crippen molar-refractivity contribution in [3.05, 3.63) is 211 Å². The van der Waals surface area contributed by atoms with Gasteiger partial charge in [-0.2, -0.15) is 0 Å². The molecule has 0 unspecified atom stereocenters. The molecule has 8 aromatic carbocycles. The number of nitrogens with zero attached hydrogens (tertiary/aromatic N) is 3. The van der Waals surface area contributed by atoms with E-state index in [1.54, 1.807) is 0 Å². The number of rotatable bonds is 6. The normalized spacial score (nSPS) is 12.7. The fraction of sp³-hybridized carbons (Fsp3) is 0.0577. The third-order valence-corrected chi connectivity index (χ3v) is 11.4. The van der Waals surface area contributed by atoms with Gasteiger partial charge in [0, 0.05) is 38.9 Å². The summed E-state index contributed by atoms with van der Waals surface area (Å²) >= 11 is 0. The van der Waals surface area contributed by atoms with Gasteiger partial charge in [-0.15, -0.1) is 0 Å². The Morgan fingerprint density at radius 1 is 0.455 bits per heavy atom. The summed E-state index contributed by atoms with van der Waals surface area (Å²) in [5.41, 5.74) is 17.3. The minimum absolute atomic E-state index is 0.0552. The standard InChI is InChI=1S/C52H37N3/c1-52(2)48-17-11-10-16-44(48)45-29-20-38(33-49(45)52)36-18-24-41(25-19-36)54(42-26-22-39(53-3)23-27-42)43-28-31-51-47(34-43)46-32-37(35-12-6-4-7-13-35)21-30-50(46)55(51)40-14-8-5-9-15-40/h4-34H,1-2H3. The van der Waals surface area contributed by atoms with Crippen molar-refractivity contribution in [1.29, 1.82) is 0 Å². The monoisotopic (exact) mass is 703 g/mol. The third-order valence-electron chi connectivity index (χ3n) is 11.4. The van der Waals surface area contributed by atoms with Crippen molar-refractivity contribution in [2.24, 2.45) is 0 Å². The second-order valence-corrected chi connectivity index (χ2v) is 14.9. The highest BCUT2D eigenvalue weighted by molar-refractivity contribution is 6.12. The number of anilines is 3. The molecule has 0 N–H and O–H groups in total. The molecule has 3 heteroatoms. The van der Waals surface area contributed by atoms with Gasteiger partial charge >= 0.3 is 0 Å². The summed E-state index contributed by atoms with van der Waals surface area (Å²) in [6, 6.07) is 67.3. The van der Waals surface area contributed by atoms with Crippen molar-refractivity contribution >= 4 is 44.6 Å². The van der Waals surface area contributed by atoms with Crippen LogP contribution in [0.4, 0.5) is 22.7 Å². The predicted molar refractivity (Wildman–Crippen MR) is 230 cm³/mol. The highest BCUT2D eigenvalue weighted by Gasteiger charge is 2.35. The molecule has 55 heavy (non-hydrogen) atoms. The summed E-state index contributed by atoms with van der Waals surface area (Å²) in [6.07, 6.45) is 0. The van der Waals surface area contributed by atoms with Crippen molar-refractivity contribution in [3.63, 3.8) is 0 Å². The summed E-state index contributed by atoms with van der Waals surface area (Å²) in [7, 11) is 0. The number of aromatic nitrogens is 1. The van der Waals surface area contributed by atoms with Crippen molar-refractivity contribution in [3.8, 4) is 39.1 Å². The Labute approximate surface area is 321 Å². The van der Waals surface area contributed by atoms with E-state index in [4.69, 9.17) is 6.57 Å². The Kier molecular flexibility index (Phi) is 7.54. The minimum Gasteiger partial charge on any atom is -0.311 e. The van der Waals surface area contributed by atoms with Crippen LogP contribution in [0.3, 0.4) is 0 Å². The van der Waals surface area contributed by atoms with Crippen LogP contribution in [0.2, 0.25) is 0 Å². The molecule has 1 heterocycles. The molecular formula is C52H37N3. The molecule has 1 aliphatic carbocycles. The van der Waals surface area contributed by atoms with Crippen LogP contribution in [0.25, 0.3) is 65.7 Å². The molecule has 1 aliphatic rings. The Balaban J connectivity index is 1.11. The van der Waals surface area contributed by atoms with Crippen LogP contribution in [0.15, 0.2) is 188 Å². The quantitative estimate of drug-likeness (QED) is 0.157. The first-order valence-electron chi connectivity index (χ1n) is 18.8. The lowest BCUT2D eigenvalue weighted by atomic mass is 9.81. The summed E-state index contributed by atoms with van der Waals surface area (Å²) in [6.45, 7) is 12.3. The summed E-state index contributed by atoms with van der Waals surface area (Å²) in [5.74, 6) is 0. The van der Waals surface area contributed by atoms with E-state index in [-0.39, 0.29) is 5.41 Å². The van der Waals surface area contributed by atoms with Gasteiger partial charge in [0.1, 0.15) is 0 Å². The van der Waals surface area contributed by atoms with E-state index >= 15 is 0 Å². The van der Waals surface area contributed by atoms with E-state index in [0.717, 1.165) is 33.8 Å². The van der Waals surface area contributed by atoms with Gasteiger partial charge in [0.25, 0.3) is 0 Å². The van der Waals surface area contributed by atoms with Gasteiger partial charge < -0.3 is 9.47 Å². The van der Waals surface area contributed by atoms with E-state index in [2.05, 4.69) is 192 Å². The van der Waals surface area contributed by atoms with Gasteiger partial charge in [-0.25, -0.2) is 4.85 Å². The molecule has 0 saturated heterocycles. The number of para-hydroxylation sites is 1. The molecule has 0 spiro atoms. The number of fused-ring (bicyclic) bond motifs is 6. The predicted octanol–water partition coefficient (Wildman–Crippen LogP) is 14.4. The largest absolute Gasteiger partial charge is 0.311 e. The van der Waals surface area contributed by atoms with Crippen molar-refractivity contribution in [2.75, 3.05) is 4.90 Å². The van der Waals surface area contributed by atoms with E-state index in [0.29, 0.717) is 5.69 Å². The zero-order chi connectivity index (χ0) is 37.1. The van der Waals surface area contributed by atoms with Crippen molar-refractivity contribution in [1.82, 2.24) is 4.57 Å². The lowest BCUT2D eigenvalue weighted by Crippen LogP contribution is -2.14. The smallest absolute Gasteiger partial charge is 0.187 e. The van der Waals surface area contributed by atoms with Gasteiger partial charge in [0.15, 0.2) is 5.69 Å². The number of hydrogen-bond acceptors (Lipinski definition) is 1. The highest BCUT2D eigenvalue weighted by Crippen LogP contribution is 2.50. The molecule has 0 bridgehead atoms. The summed E-state index contributed by atoms with van der Waals surface area (Å²) < 4.78 is 2.36. The zero-order valence-electron chi connectivity index (χ0n) is 30.7. The van der Waals surface area contributed by atoms with Gasteiger partial charge in [-0.3, -0.25) is 0 Å². The van der Waals surface area contributed by atoms with Gasteiger partial charge in [0.2, 0.25) is 0 Å². The molecular weight excluding hydrogens is 667 g/mol. The van der Waals surface area contributed by atoms with E-state index in [1.165, 1.54) is 55.3 Å². The molecule has 0 aliphatic heterocycles. The summed E-state index contributed by atoms with van der Waals surface area (Å²) in [5, 5.41) is 2.37. The summed E-state index contributed by atoms with van der Waals surface area (Å²) in [4.78, 5) is 5.98. The maximum atomic E-state index is 7.59. The zero-order valence-corrected chi connectivity index (χ0v) is 30.7. The molecule has 0 amide bonds. The Bertz CT molecular complexity index is 2930. The molecule has 3 nitrogen and oxygen atoms in total. The molecule has 0 fully saturated rings. The minimum atomic E-state index is -0.0552. The van der Waals surface area contributed by atoms with E-state index < -0.39 is 0 Å². The van der Waals surface area contributed by atoms with Crippen LogP contribution < -0.4 is 4.90 Å². The fourth-order valence-corrected chi connectivity index (χ4v) is 8.63. The first-order chi connectivity index (χ1) is 27.0. The highest BCUT2D eigenvalue weighted by atomic mass is 15.1. The van der Waals surface area contributed by atoms with Gasteiger partial charge in [-0.05, 0) is 117 Å². The van der Waals surface area contributed by atoms with Crippen LogP contribution in [-0.2, 0) is 5.41 Å². The van der Waals surface area contributed by atoms with Gasteiger partial charge in [0.05, 0.1) is 17.6 Å². The van der Waals surface area contributed by atoms with Crippen LogP contribution >= 0.6 is 0 Å². The second-order valence-electron chi connectivity index (χ2n) is 14.9. The SMILES string of the molecule is [C-]#[N+]c1ccc(N(c2ccc(-c3ccc4c(c3)C(C)(C)c3ccccc3-4)cc2)c2ccc3c(c2)c2cc(-c4ccccc4)ccc2n3-c2ccccc2)cc1. The first-order valence-corrected chi connectivity index (χ1v) is 18.8. The van der Waals surface area contributed by atoms with Crippen LogP contribution in [0.5, 0.6) is 0 Å². The average molecular weight is 704 g/mol. The molecule has 10 rings (SSSR count). The first kappa shape index (κ1) is 32.5. The second kappa shape index (κ2) is 12.8. The molecule has 0 saturated carbocycles. The number of hydrogen-bond donors (Lipinski definition) is 0. The topological polar surface area (TPSA) is 12.5 Å².